The van der Waals surface area contributed by atoms with Crippen LogP contribution in [-0.4, -0.2) is 51.1 Å². The number of morpholine rings is 1. The summed E-state index contributed by atoms with van der Waals surface area (Å²) in [6.45, 7) is 1.96. The molecule has 1 aliphatic rings. The Balaban J connectivity index is 1.27. The molecule has 5 rings (SSSR count). The summed E-state index contributed by atoms with van der Waals surface area (Å²) in [4.78, 5) is 12.8. The van der Waals surface area contributed by atoms with Crippen LogP contribution in [0.4, 0.5) is 0 Å². The van der Waals surface area contributed by atoms with Crippen molar-refractivity contribution < 1.29 is 27.4 Å². The minimum atomic E-state index is -3.73. The summed E-state index contributed by atoms with van der Waals surface area (Å²) in [6.07, 6.45) is 1.49. The van der Waals surface area contributed by atoms with Crippen molar-refractivity contribution in [1.29, 1.82) is 0 Å². The third-order valence-corrected chi connectivity index (χ3v) is 8.42. The number of nitrogens with one attached hydrogen (secondary N) is 1. The Morgan fingerprint density at radius 2 is 1.45 bits per heavy atom. The molecule has 1 amide bonds. The molecule has 0 radical (unpaired) electrons. The first-order valence-corrected chi connectivity index (χ1v) is 14.9. The molecule has 1 saturated heterocycles. The number of carbonyl (C=O) groups excluding carboxylic acids is 1. The van der Waals surface area contributed by atoms with Crippen LogP contribution < -0.4 is 14.9 Å². The van der Waals surface area contributed by atoms with Crippen LogP contribution >= 0.6 is 0 Å². The normalized spacial score (nSPS) is 14.0. The molecule has 216 valence electrons. The molecule has 4 aromatic rings. The number of hydrazone groups is 1. The van der Waals surface area contributed by atoms with E-state index in [9.17, 15) is 13.2 Å². The zero-order valence-electron chi connectivity index (χ0n) is 22.9. The summed E-state index contributed by atoms with van der Waals surface area (Å²) in [7, 11) is -3.73. The number of hydrogen-bond donors (Lipinski definition) is 1. The highest BCUT2D eigenvalue weighted by Gasteiger charge is 2.26. The van der Waals surface area contributed by atoms with Gasteiger partial charge >= 0.3 is 0 Å². The van der Waals surface area contributed by atoms with Crippen molar-refractivity contribution in [3.05, 3.63) is 125 Å². The van der Waals surface area contributed by atoms with Crippen LogP contribution in [0.1, 0.15) is 27.0 Å². The lowest BCUT2D eigenvalue weighted by Crippen LogP contribution is -2.40. The maximum atomic E-state index is 13.0. The molecule has 0 saturated carbocycles. The topological polar surface area (TPSA) is 107 Å². The summed E-state index contributed by atoms with van der Waals surface area (Å²) in [5.41, 5.74) is 5.37. The van der Waals surface area contributed by atoms with Crippen LogP contribution in [0, 0.1) is 0 Å². The first kappa shape index (κ1) is 29.0. The monoisotopic (exact) mass is 585 g/mol. The van der Waals surface area contributed by atoms with Crippen molar-refractivity contribution in [1.82, 2.24) is 9.73 Å². The number of ether oxygens (including phenoxy) is 3. The Hall–Kier alpha value is -4.51. The Labute approximate surface area is 245 Å². The molecule has 0 aliphatic carbocycles. The minimum absolute atomic E-state index is 0.0485. The van der Waals surface area contributed by atoms with Crippen LogP contribution in [0.5, 0.6) is 11.5 Å². The van der Waals surface area contributed by atoms with Gasteiger partial charge in [0.05, 0.1) is 24.3 Å². The molecule has 9 nitrogen and oxygen atoms in total. The maximum absolute atomic E-state index is 13.0. The zero-order valence-corrected chi connectivity index (χ0v) is 23.7. The van der Waals surface area contributed by atoms with E-state index in [4.69, 9.17) is 14.2 Å². The van der Waals surface area contributed by atoms with Gasteiger partial charge in [0.1, 0.15) is 13.2 Å². The van der Waals surface area contributed by atoms with E-state index in [0.29, 0.717) is 43.5 Å². The Morgan fingerprint density at radius 1 is 0.810 bits per heavy atom. The molecule has 0 unspecified atom stereocenters. The molecule has 0 bridgehead atoms. The van der Waals surface area contributed by atoms with Gasteiger partial charge in [0.25, 0.3) is 5.91 Å². The molecule has 0 spiro atoms. The van der Waals surface area contributed by atoms with Gasteiger partial charge < -0.3 is 14.2 Å². The van der Waals surface area contributed by atoms with E-state index in [1.807, 2.05) is 60.7 Å². The summed E-state index contributed by atoms with van der Waals surface area (Å²) < 4.78 is 44.7. The smallest absolute Gasteiger partial charge is 0.271 e. The van der Waals surface area contributed by atoms with E-state index < -0.39 is 15.9 Å². The van der Waals surface area contributed by atoms with Crippen molar-refractivity contribution in [2.45, 2.75) is 18.1 Å². The van der Waals surface area contributed by atoms with Crippen molar-refractivity contribution in [2.24, 2.45) is 5.10 Å². The van der Waals surface area contributed by atoms with Crippen molar-refractivity contribution >= 4 is 22.1 Å². The molecule has 42 heavy (non-hydrogen) atoms. The van der Waals surface area contributed by atoms with E-state index in [1.165, 1.54) is 34.8 Å². The minimum Gasteiger partial charge on any atom is -0.485 e. The highest BCUT2D eigenvalue weighted by Crippen LogP contribution is 2.30. The Morgan fingerprint density at radius 3 is 2.12 bits per heavy atom. The van der Waals surface area contributed by atoms with E-state index in [2.05, 4.69) is 10.5 Å². The van der Waals surface area contributed by atoms with Gasteiger partial charge in [-0.05, 0) is 53.1 Å². The lowest BCUT2D eigenvalue weighted by atomic mass is 10.2. The molecule has 1 heterocycles. The van der Waals surface area contributed by atoms with E-state index in [1.54, 1.807) is 18.2 Å². The number of sulfonamides is 1. The molecule has 1 aliphatic heterocycles. The third kappa shape index (κ3) is 7.61. The molecular weight excluding hydrogens is 554 g/mol. The average molecular weight is 586 g/mol. The number of amides is 1. The molecule has 1 N–H and O–H groups in total. The van der Waals surface area contributed by atoms with Gasteiger partial charge in [0, 0.05) is 18.7 Å². The van der Waals surface area contributed by atoms with Gasteiger partial charge in [-0.25, -0.2) is 13.8 Å². The molecule has 4 aromatic carbocycles. The number of rotatable bonds is 11. The van der Waals surface area contributed by atoms with Crippen molar-refractivity contribution in [3.8, 4) is 11.5 Å². The standard InChI is InChI=1S/C32H31N3O6S/c36-32(28-12-7-13-29(21-28)42(37,38)35-16-18-39-19-17-35)34-33-22-27-14-15-30(40-23-25-8-3-1-4-9-25)31(20-27)41-24-26-10-5-2-6-11-26/h1-15,20-22H,16-19,23-24H2,(H,34,36). The number of hydrogen-bond acceptors (Lipinski definition) is 7. The average Bonchev–Trinajstić information content (AvgIpc) is 3.04. The first-order chi connectivity index (χ1) is 20.5. The van der Waals surface area contributed by atoms with Crippen LogP contribution in [0.2, 0.25) is 0 Å². The van der Waals surface area contributed by atoms with E-state index in [-0.39, 0.29) is 23.5 Å². The lowest BCUT2D eigenvalue weighted by Gasteiger charge is -2.26. The van der Waals surface area contributed by atoms with Gasteiger partial charge in [-0.15, -0.1) is 0 Å². The Bertz CT molecular complexity index is 1620. The van der Waals surface area contributed by atoms with Gasteiger partial charge in [-0.1, -0.05) is 66.7 Å². The fraction of sp³-hybridized carbons (Fsp3) is 0.188. The predicted molar refractivity (Wildman–Crippen MR) is 159 cm³/mol. The lowest BCUT2D eigenvalue weighted by molar-refractivity contribution is 0.0730. The summed E-state index contributed by atoms with van der Waals surface area (Å²) in [5, 5.41) is 4.08. The first-order valence-electron chi connectivity index (χ1n) is 13.5. The SMILES string of the molecule is O=C(NN=Cc1ccc(OCc2ccccc2)c(OCc2ccccc2)c1)c1cccc(S(=O)(=O)N2CCOCC2)c1. The van der Waals surface area contributed by atoms with Crippen LogP contribution in [0.3, 0.4) is 0 Å². The fourth-order valence-electron chi connectivity index (χ4n) is 4.27. The second-order valence-electron chi connectivity index (χ2n) is 9.50. The predicted octanol–water partition coefficient (Wildman–Crippen LogP) is 4.63. The summed E-state index contributed by atoms with van der Waals surface area (Å²) in [5.74, 6) is 0.578. The quantitative estimate of drug-likeness (QED) is 0.203. The van der Waals surface area contributed by atoms with E-state index in [0.717, 1.165) is 11.1 Å². The van der Waals surface area contributed by atoms with E-state index >= 15 is 0 Å². The Kier molecular flexibility index (Phi) is 9.60. The molecular formula is C32H31N3O6S. The van der Waals surface area contributed by atoms with Gasteiger partial charge in [-0.2, -0.15) is 9.41 Å². The second-order valence-corrected chi connectivity index (χ2v) is 11.4. The van der Waals surface area contributed by atoms with Crippen LogP contribution in [0.15, 0.2) is 113 Å². The zero-order chi connectivity index (χ0) is 29.2. The van der Waals surface area contributed by atoms with Crippen molar-refractivity contribution in [2.75, 3.05) is 26.3 Å². The maximum Gasteiger partial charge on any atom is 0.271 e. The molecule has 10 heteroatoms. The second kappa shape index (κ2) is 13.9. The highest BCUT2D eigenvalue weighted by molar-refractivity contribution is 7.89. The summed E-state index contributed by atoms with van der Waals surface area (Å²) >= 11 is 0. The number of nitrogens with zero attached hydrogens (tertiary/aromatic N) is 2. The van der Waals surface area contributed by atoms with Crippen molar-refractivity contribution in [3.63, 3.8) is 0 Å². The molecule has 0 atom stereocenters. The fourth-order valence-corrected chi connectivity index (χ4v) is 5.73. The molecule has 1 fully saturated rings. The van der Waals surface area contributed by atoms with Crippen LogP contribution in [-0.2, 0) is 28.0 Å². The largest absolute Gasteiger partial charge is 0.485 e. The number of benzene rings is 4. The third-order valence-electron chi connectivity index (χ3n) is 6.53. The molecule has 0 aromatic heterocycles. The van der Waals surface area contributed by atoms with Gasteiger partial charge in [-0.3, -0.25) is 4.79 Å². The number of carbonyl (C=O) groups is 1. The highest BCUT2D eigenvalue weighted by atomic mass is 32.2. The summed E-state index contributed by atoms with van der Waals surface area (Å²) in [6, 6.07) is 30.9. The van der Waals surface area contributed by atoms with Gasteiger partial charge in [0.2, 0.25) is 10.0 Å². The van der Waals surface area contributed by atoms with Gasteiger partial charge in [0.15, 0.2) is 11.5 Å². The van der Waals surface area contributed by atoms with Crippen LogP contribution in [0.25, 0.3) is 0 Å².